The first kappa shape index (κ1) is 10.8. The lowest BCUT2D eigenvalue weighted by atomic mass is 10.1. The lowest BCUT2D eigenvalue weighted by molar-refractivity contribution is 1.50. The van der Waals surface area contributed by atoms with Crippen molar-refractivity contribution in [3.63, 3.8) is 0 Å². The van der Waals surface area contributed by atoms with Crippen molar-refractivity contribution in [1.82, 2.24) is 0 Å². The van der Waals surface area contributed by atoms with Crippen LogP contribution in [0.15, 0.2) is 54.6 Å². The molecule has 2 heteroatoms. The summed E-state index contributed by atoms with van der Waals surface area (Å²) in [4.78, 5) is 1.27. The molecule has 1 heterocycles. The minimum atomic E-state index is 0.776. The van der Waals surface area contributed by atoms with Gasteiger partial charge in [-0.25, -0.2) is 0 Å². The summed E-state index contributed by atoms with van der Waals surface area (Å²) >= 11 is 7.68. The van der Waals surface area contributed by atoms with E-state index in [9.17, 15) is 0 Å². The van der Waals surface area contributed by atoms with Gasteiger partial charge in [0.25, 0.3) is 0 Å². The molecule has 0 aliphatic rings. The Morgan fingerprint density at radius 2 is 1.71 bits per heavy atom. The van der Waals surface area contributed by atoms with E-state index < -0.39 is 0 Å². The Morgan fingerprint density at radius 1 is 0.941 bits per heavy atom. The highest BCUT2D eigenvalue weighted by Gasteiger charge is 2.02. The number of benzene rings is 2. The molecule has 0 nitrogen and oxygen atoms in total. The third kappa shape index (κ3) is 2.36. The van der Waals surface area contributed by atoms with Crippen molar-refractivity contribution in [2.75, 3.05) is 0 Å². The fourth-order valence-electron chi connectivity index (χ4n) is 1.80. The Bertz CT molecular complexity index is 604. The molecular weight excluding hydrogens is 248 g/mol. The minimum absolute atomic E-state index is 0.776. The number of halogens is 1. The van der Waals surface area contributed by atoms with Gasteiger partial charge >= 0.3 is 0 Å². The summed E-state index contributed by atoms with van der Waals surface area (Å²) in [6.45, 7) is 0. The highest BCUT2D eigenvalue weighted by Crippen LogP contribution is 2.28. The predicted molar refractivity (Wildman–Crippen MR) is 75.8 cm³/mol. The van der Waals surface area contributed by atoms with Crippen LogP contribution in [-0.4, -0.2) is 0 Å². The van der Waals surface area contributed by atoms with E-state index in [1.54, 1.807) is 0 Å². The molecule has 0 aliphatic carbocycles. The molecule has 1 aromatic heterocycles. The molecular formula is C15H10ClS. The first-order chi connectivity index (χ1) is 8.31. The van der Waals surface area contributed by atoms with Crippen LogP contribution < -0.4 is 0 Å². The van der Waals surface area contributed by atoms with Crippen molar-refractivity contribution in [2.45, 2.75) is 0 Å². The highest BCUT2D eigenvalue weighted by atomic mass is 35.5. The standard InChI is InChI=1S/C15H10ClS/c16-13-7-5-11(6-8-13)9-14-10-12-3-1-2-4-15(12)17-14/h1-10H. The number of hydrogen-bond donors (Lipinski definition) is 0. The van der Waals surface area contributed by atoms with Crippen LogP contribution in [0.25, 0.3) is 10.1 Å². The maximum atomic E-state index is 5.87. The number of thiophene rings is 1. The second-order valence-corrected chi connectivity index (χ2v) is 5.43. The van der Waals surface area contributed by atoms with Gasteiger partial charge in [0.05, 0.1) is 0 Å². The summed E-state index contributed by atoms with van der Waals surface area (Å²) in [6, 6.07) is 18.6. The summed E-state index contributed by atoms with van der Waals surface area (Å²) in [5.74, 6) is 0. The van der Waals surface area contributed by atoms with Crippen molar-refractivity contribution in [3.8, 4) is 0 Å². The first-order valence-electron chi connectivity index (χ1n) is 5.40. The first-order valence-corrected chi connectivity index (χ1v) is 6.60. The fourth-order valence-corrected chi connectivity index (χ4v) is 2.95. The van der Waals surface area contributed by atoms with E-state index in [0.29, 0.717) is 0 Å². The maximum absolute atomic E-state index is 5.87. The van der Waals surface area contributed by atoms with Crippen LogP contribution in [0, 0.1) is 6.42 Å². The Morgan fingerprint density at radius 3 is 2.47 bits per heavy atom. The largest absolute Gasteiger partial charge is 0.140 e. The Labute approximate surface area is 109 Å². The van der Waals surface area contributed by atoms with E-state index in [2.05, 4.69) is 36.8 Å². The number of rotatable bonds is 2. The lowest BCUT2D eigenvalue weighted by Crippen LogP contribution is -1.79. The van der Waals surface area contributed by atoms with Gasteiger partial charge in [-0.1, -0.05) is 41.9 Å². The van der Waals surface area contributed by atoms with Crippen LogP contribution in [0.4, 0.5) is 0 Å². The molecule has 0 spiro atoms. The Kier molecular flexibility index (Phi) is 2.87. The molecule has 0 N–H and O–H groups in total. The second-order valence-electron chi connectivity index (χ2n) is 3.88. The van der Waals surface area contributed by atoms with Gasteiger partial charge in [0.1, 0.15) is 0 Å². The fraction of sp³-hybridized carbons (Fsp3) is 0. The van der Waals surface area contributed by atoms with Crippen molar-refractivity contribution >= 4 is 33.0 Å². The molecule has 17 heavy (non-hydrogen) atoms. The van der Waals surface area contributed by atoms with Crippen molar-refractivity contribution in [2.24, 2.45) is 0 Å². The molecule has 0 atom stereocenters. The monoisotopic (exact) mass is 257 g/mol. The van der Waals surface area contributed by atoms with E-state index in [-0.39, 0.29) is 0 Å². The molecule has 0 saturated carbocycles. The van der Waals surface area contributed by atoms with Gasteiger partial charge in [-0.05, 0) is 35.2 Å². The molecule has 0 fully saturated rings. The minimum Gasteiger partial charge on any atom is -0.140 e. The van der Waals surface area contributed by atoms with Gasteiger partial charge in [-0.3, -0.25) is 0 Å². The second kappa shape index (κ2) is 4.52. The zero-order chi connectivity index (χ0) is 11.7. The molecule has 2 aromatic carbocycles. The SMILES string of the molecule is Clc1ccc([CH]c2cc3ccccc3s2)cc1. The van der Waals surface area contributed by atoms with Gasteiger partial charge in [0.2, 0.25) is 0 Å². The molecule has 0 unspecified atom stereocenters. The van der Waals surface area contributed by atoms with E-state index in [1.165, 1.54) is 20.5 Å². The zero-order valence-electron chi connectivity index (χ0n) is 9.06. The Hall–Kier alpha value is -1.31. The van der Waals surface area contributed by atoms with Crippen LogP contribution in [0.2, 0.25) is 5.02 Å². The molecule has 0 aliphatic heterocycles. The van der Waals surface area contributed by atoms with E-state index in [1.807, 2.05) is 35.6 Å². The van der Waals surface area contributed by atoms with Gasteiger partial charge < -0.3 is 0 Å². The third-order valence-corrected chi connectivity index (χ3v) is 3.94. The number of hydrogen-bond acceptors (Lipinski definition) is 1. The van der Waals surface area contributed by atoms with Crippen LogP contribution in [0.3, 0.4) is 0 Å². The van der Waals surface area contributed by atoms with Crippen LogP contribution >= 0.6 is 22.9 Å². The quantitative estimate of drug-likeness (QED) is 0.595. The van der Waals surface area contributed by atoms with Crippen LogP contribution in [0.1, 0.15) is 10.4 Å². The molecule has 3 rings (SSSR count). The summed E-state index contributed by atoms with van der Waals surface area (Å²) in [6.07, 6.45) is 2.18. The van der Waals surface area contributed by atoms with Crippen LogP contribution in [0.5, 0.6) is 0 Å². The molecule has 0 saturated heterocycles. The zero-order valence-corrected chi connectivity index (χ0v) is 10.6. The maximum Gasteiger partial charge on any atom is 0.0406 e. The van der Waals surface area contributed by atoms with E-state index in [0.717, 1.165) is 5.02 Å². The molecule has 0 amide bonds. The summed E-state index contributed by atoms with van der Waals surface area (Å²) in [5, 5.41) is 2.08. The summed E-state index contributed by atoms with van der Waals surface area (Å²) < 4.78 is 1.33. The number of fused-ring (bicyclic) bond motifs is 1. The van der Waals surface area contributed by atoms with Gasteiger partial charge in [-0.15, -0.1) is 11.3 Å². The van der Waals surface area contributed by atoms with E-state index in [4.69, 9.17) is 11.6 Å². The van der Waals surface area contributed by atoms with E-state index >= 15 is 0 Å². The average molecular weight is 258 g/mol. The molecule has 83 valence electrons. The van der Waals surface area contributed by atoms with Crippen molar-refractivity contribution < 1.29 is 0 Å². The molecule has 3 aromatic rings. The van der Waals surface area contributed by atoms with Gasteiger partial charge in [-0.2, -0.15) is 0 Å². The van der Waals surface area contributed by atoms with Gasteiger partial charge in [0.15, 0.2) is 0 Å². The smallest absolute Gasteiger partial charge is 0.0406 e. The highest BCUT2D eigenvalue weighted by molar-refractivity contribution is 7.19. The topological polar surface area (TPSA) is 0 Å². The average Bonchev–Trinajstić information content (AvgIpc) is 2.74. The predicted octanol–water partition coefficient (Wildman–Crippen LogP) is 5.16. The van der Waals surface area contributed by atoms with Crippen LogP contribution in [-0.2, 0) is 0 Å². The molecule has 0 bridgehead atoms. The Balaban J connectivity index is 1.92. The third-order valence-electron chi connectivity index (χ3n) is 2.62. The normalized spacial score (nSPS) is 10.9. The molecule has 1 radical (unpaired) electrons. The summed E-state index contributed by atoms with van der Waals surface area (Å²) in [7, 11) is 0. The lowest BCUT2D eigenvalue weighted by Gasteiger charge is -1.97. The van der Waals surface area contributed by atoms with Gasteiger partial charge in [0, 0.05) is 21.0 Å². The van der Waals surface area contributed by atoms with Crippen molar-refractivity contribution in [1.29, 1.82) is 0 Å². The summed E-state index contributed by atoms with van der Waals surface area (Å²) in [5.41, 5.74) is 1.18. The van der Waals surface area contributed by atoms with Crippen molar-refractivity contribution in [3.05, 3.63) is 76.5 Å².